The molecule has 0 aromatic heterocycles. The lowest BCUT2D eigenvalue weighted by molar-refractivity contribution is 0.112. The molecule has 36 heavy (non-hydrogen) atoms. The molecular weight excluding hydrogens is 512 g/mol. The van der Waals surface area contributed by atoms with Crippen LogP contribution in [0.25, 0.3) is 11.1 Å². The lowest BCUT2D eigenvalue weighted by Gasteiger charge is -2.30. The molecule has 2 unspecified atom stereocenters. The van der Waals surface area contributed by atoms with Crippen LogP contribution in [0.5, 0.6) is 0 Å². The van der Waals surface area contributed by atoms with Crippen molar-refractivity contribution in [2.24, 2.45) is 0 Å². The highest BCUT2D eigenvalue weighted by atomic mass is 35.5. The van der Waals surface area contributed by atoms with Gasteiger partial charge in [-0.1, -0.05) is 49.6 Å². The number of rotatable bonds is 7. The largest absolute Gasteiger partial charge is 0.400 e. The number of aliphatic hydroxyl groups is 1. The fourth-order valence-corrected chi connectivity index (χ4v) is 6.60. The summed E-state index contributed by atoms with van der Waals surface area (Å²) in [5.74, 6) is 0. The third-order valence-corrected chi connectivity index (χ3v) is 8.78. The van der Waals surface area contributed by atoms with Crippen LogP contribution in [-0.4, -0.2) is 52.9 Å². The Bertz CT molecular complexity index is 1210. The fourth-order valence-electron chi connectivity index (χ4n) is 4.41. The molecule has 0 amide bonds. The van der Waals surface area contributed by atoms with E-state index in [0.717, 1.165) is 71.5 Å². The van der Waals surface area contributed by atoms with Crippen molar-refractivity contribution in [2.75, 3.05) is 31.9 Å². The molecule has 8 heteroatoms. The van der Waals surface area contributed by atoms with Crippen molar-refractivity contribution >= 4 is 52.0 Å². The number of halogens is 1. The van der Waals surface area contributed by atoms with Crippen LogP contribution in [0.2, 0.25) is 5.02 Å². The highest BCUT2D eigenvalue weighted by Crippen LogP contribution is 2.43. The van der Waals surface area contributed by atoms with E-state index in [-0.39, 0.29) is 6.04 Å². The third kappa shape index (κ3) is 6.21. The van der Waals surface area contributed by atoms with E-state index in [9.17, 15) is 9.00 Å². The maximum absolute atomic E-state index is 13.9. The van der Waals surface area contributed by atoms with Crippen molar-refractivity contribution < 1.29 is 14.1 Å². The SMILES string of the molecule is CCCCC1CN(c2ccccc2)c2cc(SC)c(-c3cc(Cl)cc(C=O)c3)cc2S(=O)N1C.CO. The summed E-state index contributed by atoms with van der Waals surface area (Å²) in [5, 5.41) is 7.50. The van der Waals surface area contributed by atoms with Gasteiger partial charge >= 0.3 is 0 Å². The minimum Gasteiger partial charge on any atom is -0.400 e. The molecule has 2 atom stereocenters. The molecule has 0 aliphatic carbocycles. The molecule has 0 spiro atoms. The van der Waals surface area contributed by atoms with E-state index in [1.54, 1.807) is 17.8 Å². The number of para-hydroxylation sites is 1. The zero-order chi connectivity index (χ0) is 26.2. The Hall–Kier alpha value is -2.16. The number of likely N-dealkylation sites (N-methyl/N-ethyl adjacent to an activating group) is 1. The minimum absolute atomic E-state index is 0.155. The first-order chi connectivity index (χ1) is 17.5. The van der Waals surface area contributed by atoms with E-state index in [0.29, 0.717) is 10.6 Å². The first-order valence-electron chi connectivity index (χ1n) is 11.9. The first-order valence-corrected chi connectivity index (χ1v) is 14.6. The van der Waals surface area contributed by atoms with Crippen LogP contribution in [0.1, 0.15) is 36.5 Å². The van der Waals surface area contributed by atoms with Crippen LogP contribution in [0.4, 0.5) is 11.4 Å². The summed E-state index contributed by atoms with van der Waals surface area (Å²) < 4.78 is 15.9. The summed E-state index contributed by atoms with van der Waals surface area (Å²) in [4.78, 5) is 15.6. The maximum Gasteiger partial charge on any atom is 0.150 e. The Morgan fingerprint density at radius 2 is 1.86 bits per heavy atom. The average Bonchev–Trinajstić information content (AvgIpc) is 3.02. The zero-order valence-corrected chi connectivity index (χ0v) is 23.5. The van der Waals surface area contributed by atoms with Crippen LogP contribution < -0.4 is 4.90 Å². The molecule has 0 saturated carbocycles. The van der Waals surface area contributed by atoms with Gasteiger partial charge in [-0.05, 0) is 66.3 Å². The van der Waals surface area contributed by atoms with Crippen LogP contribution >= 0.6 is 23.4 Å². The van der Waals surface area contributed by atoms with Crippen molar-refractivity contribution in [2.45, 2.75) is 42.0 Å². The van der Waals surface area contributed by atoms with E-state index in [1.165, 1.54) is 0 Å². The first kappa shape index (κ1) is 28.4. The number of thioether (sulfide) groups is 1. The Labute approximate surface area is 226 Å². The molecule has 0 radical (unpaired) electrons. The van der Waals surface area contributed by atoms with Crippen molar-refractivity contribution in [3.05, 3.63) is 71.2 Å². The van der Waals surface area contributed by atoms with E-state index in [1.807, 2.05) is 54.0 Å². The van der Waals surface area contributed by atoms with Gasteiger partial charge in [-0.15, -0.1) is 11.8 Å². The summed E-state index contributed by atoms with van der Waals surface area (Å²) in [7, 11) is 1.63. The van der Waals surface area contributed by atoms with Crippen LogP contribution in [0, 0.1) is 0 Å². The summed E-state index contributed by atoms with van der Waals surface area (Å²) >= 11 is 7.96. The van der Waals surface area contributed by atoms with E-state index >= 15 is 0 Å². The lowest BCUT2D eigenvalue weighted by atomic mass is 10.0. The molecule has 4 rings (SSSR count). The smallest absolute Gasteiger partial charge is 0.150 e. The molecule has 3 aromatic carbocycles. The molecule has 1 aliphatic heterocycles. The summed E-state index contributed by atoms with van der Waals surface area (Å²) in [6.45, 7) is 2.95. The molecule has 0 fully saturated rings. The number of anilines is 2. The van der Waals surface area contributed by atoms with Gasteiger partial charge in [0, 0.05) is 47.9 Å². The average molecular weight is 545 g/mol. The van der Waals surface area contributed by atoms with Crippen molar-refractivity contribution in [1.82, 2.24) is 4.31 Å². The van der Waals surface area contributed by atoms with Crippen LogP contribution in [0.15, 0.2) is 70.5 Å². The normalized spacial score (nSPS) is 17.6. The number of fused-ring (bicyclic) bond motifs is 1. The maximum atomic E-state index is 13.9. The van der Waals surface area contributed by atoms with Gasteiger partial charge in [0.05, 0.1) is 10.6 Å². The van der Waals surface area contributed by atoms with Crippen molar-refractivity contribution in [1.29, 1.82) is 0 Å². The monoisotopic (exact) mass is 544 g/mol. The fraction of sp³-hybridized carbons (Fsp3) is 0.321. The molecular formula is C28H33ClN2O3S2. The molecule has 5 nitrogen and oxygen atoms in total. The Kier molecular flexibility index (Phi) is 10.6. The van der Waals surface area contributed by atoms with Gasteiger partial charge in [-0.2, -0.15) is 0 Å². The van der Waals surface area contributed by atoms with Gasteiger partial charge in [0.2, 0.25) is 0 Å². The third-order valence-electron chi connectivity index (χ3n) is 6.26. The van der Waals surface area contributed by atoms with E-state index in [2.05, 4.69) is 30.0 Å². The Morgan fingerprint density at radius 1 is 1.14 bits per heavy atom. The summed E-state index contributed by atoms with van der Waals surface area (Å²) in [5.41, 5.74) is 4.34. The van der Waals surface area contributed by atoms with E-state index in [4.69, 9.17) is 16.7 Å². The molecule has 192 valence electrons. The van der Waals surface area contributed by atoms with E-state index < -0.39 is 11.0 Å². The Morgan fingerprint density at radius 3 is 2.50 bits per heavy atom. The van der Waals surface area contributed by atoms with Crippen LogP contribution in [-0.2, 0) is 11.0 Å². The molecule has 1 aliphatic rings. The van der Waals surface area contributed by atoms with Gasteiger partial charge in [0.25, 0.3) is 0 Å². The second kappa shape index (κ2) is 13.4. The topological polar surface area (TPSA) is 60.9 Å². The molecule has 1 N–H and O–H groups in total. The highest BCUT2D eigenvalue weighted by molar-refractivity contribution is 7.98. The van der Waals surface area contributed by atoms with Gasteiger partial charge in [-0.3, -0.25) is 4.79 Å². The lowest BCUT2D eigenvalue weighted by Crippen LogP contribution is -2.38. The highest BCUT2D eigenvalue weighted by Gasteiger charge is 2.32. The second-order valence-electron chi connectivity index (χ2n) is 8.45. The summed E-state index contributed by atoms with van der Waals surface area (Å²) in [6, 6.07) is 20.0. The minimum atomic E-state index is -1.33. The molecule has 0 saturated heterocycles. The summed E-state index contributed by atoms with van der Waals surface area (Å²) in [6.07, 6.45) is 6.01. The van der Waals surface area contributed by atoms with Gasteiger partial charge < -0.3 is 10.0 Å². The number of hydrogen-bond acceptors (Lipinski definition) is 5. The number of aliphatic hydroxyl groups excluding tert-OH is 1. The molecule has 3 aromatic rings. The van der Waals surface area contributed by atoms with Gasteiger partial charge in [0.1, 0.15) is 17.3 Å². The quantitative estimate of drug-likeness (QED) is 0.261. The molecule has 0 bridgehead atoms. The van der Waals surface area contributed by atoms with Crippen molar-refractivity contribution in [3.63, 3.8) is 0 Å². The number of benzene rings is 3. The Balaban J connectivity index is 0.00000176. The number of hydrogen-bond donors (Lipinski definition) is 1. The standard InChI is InChI=1S/C27H29ClN2O2S2.CH4O/c1-4-5-9-23-17-30(22-10-7-6-8-11-22)25-16-26(33-3)24(15-27(25)34(32)29(23)2)20-12-19(18-31)13-21(28)14-20;1-2/h6-8,10-16,18,23H,4-5,9,17H2,1-3H3;2H,1H3. The molecule has 1 heterocycles. The second-order valence-corrected chi connectivity index (χ2v) is 11.2. The number of carbonyl (C=O) groups is 1. The number of carbonyl (C=O) groups excluding carboxylic acids is 1. The van der Waals surface area contributed by atoms with Crippen LogP contribution in [0.3, 0.4) is 0 Å². The predicted molar refractivity (Wildman–Crippen MR) is 153 cm³/mol. The van der Waals surface area contributed by atoms with Gasteiger partial charge in [-0.25, -0.2) is 8.51 Å². The zero-order valence-electron chi connectivity index (χ0n) is 21.1. The van der Waals surface area contributed by atoms with Crippen molar-refractivity contribution in [3.8, 4) is 11.1 Å². The number of nitrogens with zero attached hydrogens (tertiary/aromatic N) is 2. The predicted octanol–water partition coefficient (Wildman–Crippen LogP) is 6.81. The number of unbranched alkanes of at least 4 members (excludes halogenated alkanes) is 1. The van der Waals surface area contributed by atoms with Gasteiger partial charge in [0.15, 0.2) is 0 Å². The number of aldehydes is 1.